The molecule has 2 aliphatic rings. The number of hydrogen-bond acceptors (Lipinski definition) is 2. The highest BCUT2D eigenvalue weighted by molar-refractivity contribution is 5.86. The molecule has 2 atom stereocenters. The van der Waals surface area contributed by atoms with Gasteiger partial charge in [-0.2, -0.15) is 0 Å². The number of amides is 1. The minimum Gasteiger partial charge on any atom is -0.354 e. The summed E-state index contributed by atoms with van der Waals surface area (Å²) in [5.74, 6) is 0.870. The fourth-order valence-corrected chi connectivity index (χ4v) is 2.42. The van der Waals surface area contributed by atoms with Gasteiger partial charge >= 0.3 is 0 Å². The summed E-state index contributed by atoms with van der Waals surface area (Å²) >= 11 is 0. The molecule has 3 nitrogen and oxygen atoms in total. The van der Waals surface area contributed by atoms with E-state index in [1.165, 1.54) is 6.42 Å². The first-order valence-corrected chi connectivity index (χ1v) is 5.97. The van der Waals surface area contributed by atoms with Gasteiger partial charge in [0.1, 0.15) is 0 Å². The monoisotopic (exact) mass is 210 g/mol. The minimum absolute atomic E-state index is 0.183. The lowest BCUT2D eigenvalue weighted by Gasteiger charge is -2.23. The zero-order chi connectivity index (χ0) is 11.1. The van der Waals surface area contributed by atoms with Crippen molar-refractivity contribution < 1.29 is 4.79 Å². The van der Waals surface area contributed by atoms with E-state index >= 15 is 0 Å². The first-order chi connectivity index (χ1) is 6.94. The highest BCUT2D eigenvalue weighted by Gasteiger charge is 2.46. The van der Waals surface area contributed by atoms with Crippen LogP contribution in [-0.2, 0) is 4.79 Å². The van der Waals surface area contributed by atoms with Crippen LogP contribution in [0.15, 0.2) is 0 Å². The maximum absolute atomic E-state index is 11.9. The van der Waals surface area contributed by atoms with Crippen molar-refractivity contribution in [2.24, 2.45) is 11.3 Å². The molecule has 1 aliphatic heterocycles. The van der Waals surface area contributed by atoms with Gasteiger partial charge in [-0.15, -0.1) is 0 Å². The van der Waals surface area contributed by atoms with E-state index in [4.69, 9.17) is 0 Å². The fourth-order valence-electron chi connectivity index (χ4n) is 2.42. The van der Waals surface area contributed by atoms with Crippen LogP contribution in [0.3, 0.4) is 0 Å². The normalized spacial score (nSPS) is 37.7. The third-order valence-electron chi connectivity index (χ3n) is 4.10. The van der Waals surface area contributed by atoms with Gasteiger partial charge < -0.3 is 10.6 Å². The van der Waals surface area contributed by atoms with Crippen LogP contribution in [0.2, 0.25) is 0 Å². The van der Waals surface area contributed by atoms with E-state index < -0.39 is 0 Å². The highest BCUT2D eigenvalue weighted by Crippen LogP contribution is 2.51. The molecule has 1 aliphatic carbocycles. The van der Waals surface area contributed by atoms with Crippen LogP contribution in [0, 0.1) is 11.3 Å². The zero-order valence-corrected chi connectivity index (χ0v) is 10.0. The molecule has 0 aromatic heterocycles. The molecular weight excluding hydrogens is 188 g/mol. The van der Waals surface area contributed by atoms with Gasteiger partial charge in [0.05, 0.1) is 5.54 Å². The summed E-state index contributed by atoms with van der Waals surface area (Å²) in [5, 5.41) is 6.37. The molecule has 0 radical (unpaired) electrons. The van der Waals surface area contributed by atoms with Gasteiger partial charge in [-0.3, -0.25) is 4.79 Å². The van der Waals surface area contributed by atoms with Gasteiger partial charge in [-0.1, -0.05) is 13.8 Å². The van der Waals surface area contributed by atoms with Gasteiger partial charge in [-0.25, -0.2) is 0 Å². The molecule has 1 heterocycles. The van der Waals surface area contributed by atoms with Crippen LogP contribution in [0.25, 0.3) is 0 Å². The maximum Gasteiger partial charge on any atom is 0.240 e. The quantitative estimate of drug-likeness (QED) is 0.737. The Labute approximate surface area is 92.0 Å². The second kappa shape index (κ2) is 3.48. The van der Waals surface area contributed by atoms with E-state index in [-0.39, 0.29) is 11.4 Å². The lowest BCUT2D eigenvalue weighted by Crippen LogP contribution is -2.51. The van der Waals surface area contributed by atoms with Crippen molar-refractivity contribution in [3.05, 3.63) is 0 Å². The fraction of sp³-hybridized carbons (Fsp3) is 0.917. The second-order valence-corrected chi connectivity index (χ2v) is 5.96. The summed E-state index contributed by atoms with van der Waals surface area (Å²) < 4.78 is 0. The Bertz CT molecular complexity index is 267. The average Bonchev–Trinajstić information content (AvgIpc) is 2.60. The summed E-state index contributed by atoms with van der Waals surface area (Å²) in [6.07, 6.45) is 3.32. The van der Waals surface area contributed by atoms with E-state index in [1.54, 1.807) is 0 Å². The number of carbonyl (C=O) groups is 1. The Morgan fingerprint density at radius 2 is 2.13 bits per heavy atom. The van der Waals surface area contributed by atoms with Gasteiger partial charge in [0, 0.05) is 6.54 Å². The Balaban J connectivity index is 1.78. The molecule has 2 unspecified atom stereocenters. The van der Waals surface area contributed by atoms with E-state index in [2.05, 4.69) is 24.5 Å². The molecule has 1 saturated carbocycles. The lowest BCUT2D eigenvalue weighted by molar-refractivity contribution is -0.126. The molecule has 0 aromatic carbocycles. The summed E-state index contributed by atoms with van der Waals surface area (Å²) in [5.41, 5.74) is 0.149. The highest BCUT2D eigenvalue weighted by atomic mass is 16.2. The summed E-state index contributed by atoms with van der Waals surface area (Å²) in [7, 11) is 0. The summed E-state index contributed by atoms with van der Waals surface area (Å²) in [6.45, 7) is 8.36. The molecule has 3 heteroatoms. The molecule has 0 aromatic rings. The number of hydrogen-bond donors (Lipinski definition) is 2. The lowest BCUT2D eigenvalue weighted by atomic mass is 9.99. The van der Waals surface area contributed by atoms with Crippen LogP contribution in [0.4, 0.5) is 0 Å². The Kier molecular flexibility index (Phi) is 2.53. The van der Waals surface area contributed by atoms with Gasteiger partial charge in [0.25, 0.3) is 0 Å². The van der Waals surface area contributed by atoms with Crippen LogP contribution in [0.1, 0.15) is 40.0 Å². The predicted molar refractivity (Wildman–Crippen MR) is 60.5 cm³/mol. The van der Waals surface area contributed by atoms with Gasteiger partial charge in [0.15, 0.2) is 0 Å². The molecular formula is C12H22N2O. The van der Waals surface area contributed by atoms with Crippen molar-refractivity contribution >= 4 is 5.91 Å². The minimum atomic E-state index is -0.307. The van der Waals surface area contributed by atoms with Crippen molar-refractivity contribution in [1.29, 1.82) is 0 Å². The molecule has 2 fully saturated rings. The molecule has 0 bridgehead atoms. The SMILES string of the molecule is CC1(C(=O)NCC2CC2(C)C)CCCN1. The van der Waals surface area contributed by atoms with E-state index in [1.807, 2.05) is 6.92 Å². The van der Waals surface area contributed by atoms with E-state index in [0.717, 1.165) is 25.9 Å². The van der Waals surface area contributed by atoms with Crippen LogP contribution in [-0.4, -0.2) is 24.5 Å². The first kappa shape index (κ1) is 10.9. The zero-order valence-electron chi connectivity index (χ0n) is 10.0. The Morgan fingerprint density at radius 3 is 2.60 bits per heavy atom. The van der Waals surface area contributed by atoms with Crippen molar-refractivity contribution in [3.8, 4) is 0 Å². The van der Waals surface area contributed by atoms with Crippen molar-refractivity contribution in [3.63, 3.8) is 0 Å². The first-order valence-electron chi connectivity index (χ1n) is 5.97. The van der Waals surface area contributed by atoms with Crippen molar-refractivity contribution in [2.75, 3.05) is 13.1 Å². The third-order valence-corrected chi connectivity index (χ3v) is 4.10. The number of rotatable bonds is 3. The van der Waals surface area contributed by atoms with Crippen molar-refractivity contribution in [1.82, 2.24) is 10.6 Å². The molecule has 0 spiro atoms. The molecule has 1 saturated heterocycles. The number of nitrogens with one attached hydrogen (secondary N) is 2. The summed E-state index contributed by atoms with van der Waals surface area (Å²) in [6, 6.07) is 0. The Hall–Kier alpha value is -0.570. The smallest absolute Gasteiger partial charge is 0.240 e. The summed E-state index contributed by atoms with van der Waals surface area (Å²) in [4.78, 5) is 11.9. The number of carbonyl (C=O) groups excluding carboxylic acids is 1. The molecule has 1 amide bonds. The van der Waals surface area contributed by atoms with E-state index in [9.17, 15) is 4.79 Å². The van der Waals surface area contributed by atoms with E-state index in [0.29, 0.717) is 11.3 Å². The van der Waals surface area contributed by atoms with Crippen LogP contribution in [0.5, 0.6) is 0 Å². The van der Waals surface area contributed by atoms with Gasteiger partial charge in [0.2, 0.25) is 5.91 Å². The average molecular weight is 210 g/mol. The third kappa shape index (κ3) is 2.17. The standard InChI is InChI=1S/C12H22N2O/c1-11(2)7-9(11)8-13-10(15)12(3)5-4-6-14-12/h9,14H,4-8H2,1-3H3,(H,13,15). The topological polar surface area (TPSA) is 41.1 Å². The van der Waals surface area contributed by atoms with Gasteiger partial charge in [-0.05, 0) is 44.1 Å². The second-order valence-electron chi connectivity index (χ2n) is 5.96. The van der Waals surface area contributed by atoms with Crippen LogP contribution < -0.4 is 10.6 Å². The Morgan fingerprint density at radius 1 is 1.47 bits per heavy atom. The molecule has 86 valence electrons. The predicted octanol–water partition coefficient (Wildman–Crippen LogP) is 1.29. The van der Waals surface area contributed by atoms with Crippen molar-refractivity contribution in [2.45, 2.75) is 45.6 Å². The molecule has 15 heavy (non-hydrogen) atoms. The largest absolute Gasteiger partial charge is 0.354 e. The molecule has 2 rings (SSSR count). The maximum atomic E-state index is 11.9. The van der Waals surface area contributed by atoms with Crippen LogP contribution >= 0.6 is 0 Å². The molecule has 2 N–H and O–H groups in total.